The van der Waals surface area contributed by atoms with E-state index in [9.17, 15) is 14.7 Å². The van der Waals surface area contributed by atoms with Crippen LogP contribution < -0.4 is 14.4 Å². The molecular weight excluding hydrogens is 454 g/mol. The van der Waals surface area contributed by atoms with Crippen molar-refractivity contribution >= 4 is 23.5 Å². The van der Waals surface area contributed by atoms with E-state index in [0.717, 1.165) is 16.7 Å². The van der Waals surface area contributed by atoms with Crippen LogP contribution in [0.15, 0.2) is 66.7 Å². The molecule has 36 heavy (non-hydrogen) atoms. The molecule has 0 aliphatic carbocycles. The SMILES string of the molecule is Cc1ccc(C(C)C)cc1CN1C(=O)C(O)(CC(=O)/C=C/c2ccc3c(c2)OCO3)c2ccccc21. The van der Waals surface area contributed by atoms with Crippen molar-refractivity contribution in [2.45, 2.75) is 45.3 Å². The zero-order valence-corrected chi connectivity index (χ0v) is 20.7. The summed E-state index contributed by atoms with van der Waals surface area (Å²) in [5, 5.41) is 11.6. The minimum Gasteiger partial charge on any atom is -0.454 e. The summed E-state index contributed by atoms with van der Waals surface area (Å²) in [7, 11) is 0. The van der Waals surface area contributed by atoms with Gasteiger partial charge in [0.1, 0.15) is 0 Å². The van der Waals surface area contributed by atoms with Gasteiger partial charge in [0.05, 0.1) is 18.7 Å². The minimum atomic E-state index is -1.92. The summed E-state index contributed by atoms with van der Waals surface area (Å²) in [6, 6.07) is 18.8. The molecule has 0 spiro atoms. The van der Waals surface area contributed by atoms with Crippen LogP contribution in [-0.4, -0.2) is 23.6 Å². The van der Waals surface area contributed by atoms with E-state index in [1.807, 2.05) is 25.1 Å². The highest BCUT2D eigenvalue weighted by molar-refractivity contribution is 6.10. The molecule has 0 saturated heterocycles. The van der Waals surface area contributed by atoms with Gasteiger partial charge >= 0.3 is 0 Å². The zero-order chi connectivity index (χ0) is 25.4. The van der Waals surface area contributed by atoms with E-state index in [1.165, 1.54) is 11.6 Å². The number of anilines is 1. The van der Waals surface area contributed by atoms with Gasteiger partial charge in [-0.3, -0.25) is 9.59 Å². The standard InChI is InChI=1S/C30H29NO5/c1-19(2)22-11-8-20(3)23(15-22)17-31-26-7-5-4-6-25(26)30(34,29(31)33)16-24(32)12-9-21-10-13-27-28(14-21)36-18-35-27/h4-15,19,34H,16-18H2,1-3H3/b12-9+. The Morgan fingerprint density at radius 1 is 1.08 bits per heavy atom. The number of carbonyl (C=O) groups is 2. The number of carbonyl (C=O) groups excluding carboxylic acids is 2. The first kappa shape index (κ1) is 23.8. The number of aryl methyl sites for hydroxylation is 1. The van der Waals surface area contributed by atoms with E-state index in [1.54, 1.807) is 35.2 Å². The highest BCUT2D eigenvalue weighted by Crippen LogP contribution is 2.43. The fraction of sp³-hybridized carbons (Fsp3) is 0.267. The van der Waals surface area contributed by atoms with Gasteiger partial charge in [-0.15, -0.1) is 0 Å². The molecule has 2 aliphatic heterocycles. The molecule has 1 atom stereocenters. The van der Waals surface area contributed by atoms with Crippen LogP contribution in [0, 0.1) is 6.92 Å². The van der Waals surface area contributed by atoms with Crippen molar-refractivity contribution < 1.29 is 24.2 Å². The quantitative estimate of drug-likeness (QED) is 0.464. The molecule has 2 aliphatic rings. The Balaban J connectivity index is 1.39. The molecule has 2 heterocycles. The third kappa shape index (κ3) is 4.29. The molecule has 1 N–H and O–H groups in total. The molecule has 0 aromatic heterocycles. The van der Waals surface area contributed by atoms with Crippen molar-refractivity contribution in [2.24, 2.45) is 0 Å². The minimum absolute atomic E-state index is 0.174. The van der Waals surface area contributed by atoms with Crippen LogP contribution >= 0.6 is 0 Å². The Bertz CT molecular complexity index is 1380. The van der Waals surface area contributed by atoms with Crippen molar-refractivity contribution in [2.75, 3.05) is 11.7 Å². The number of benzene rings is 3. The maximum absolute atomic E-state index is 13.6. The van der Waals surface area contributed by atoms with Crippen LogP contribution in [0.5, 0.6) is 11.5 Å². The third-order valence-electron chi connectivity index (χ3n) is 6.90. The lowest BCUT2D eigenvalue weighted by molar-refractivity contribution is -0.140. The summed E-state index contributed by atoms with van der Waals surface area (Å²) in [5.74, 6) is 0.809. The lowest BCUT2D eigenvalue weighted by atomic mass is 9.89. The smallest absolute Gasteiger partial charge is 0.264 e. The molecule has 6 heteroatoms. The fourth-order valence-electron chi connectivity index (χ4n) is 4.74. The van der Waals surface area contributed by atoms with Gasteiger partial charge in [0.2, 0.25) is 6.79 Å². The number of hydrogen-bond acceptors (Lipinski definition) is 5. The summed E-state index contributed by atoms with van der Waals surface area (Å²) in [6.07, 6.45) is 2.70. The first-order valence-electron chi connectivity index (χ1n) is 12.1. The van der Waals surface area contributed by atoms with Crippen molar-refractivity contribution in [1.29, 1.82) is 0 Å². The number of fused-ring (bicyclic) bond motifs is 2. The van der Waals surface area contributed by atoms with E-state index >= 15 is 0 Å². The van der Waals surface area contributed by atoms with Crippen molar-refractivity contribution in [3.05, 3.63) is 94.6 Å². The highest BCUT2D eigenvalue weighted by atomic mass is 16.7. The number of para-hydroxylation sites is 1. The van der Waals surface area contributed by atoms with Crippen molar-refractivity contribution in [3.63, 3.8) is 0 Å². The molecule has 184 valence electrons. The van der Waals surface area contributed by atoms with Gasteiger partial charge < -0.3 is 19.5 Å². The first-order valence-corrected chi connectivity index (χ1v) is 12.1. The van der Waals surface area contributed by atoms with Crippen LogP contribution in [0.4, 0.5) is 5.69 Å². The number of ether oxygens (including phenoxy) is 2. The molecule has 0 radical (unpaired) electrons. The van der Waals surface area contributed by atoms with Gasteiger partial charge in [0.15, 0.2) is 22.9 Å². The number of nitrogens with zero attached hydrogens (tertiary/aromatic N) is 1. The van der Waals surface area contributed by atoms with E-state index in [0.29, 0.717) is 35.2 Å². The number of ketones is 1. The van der Waals surface area contributed by atoms with Gasteiger partial charge in [0, 0.05) is 5.56 Å². The van der Waals surface area contributed by atoms with Crippen LogP contribution in [0.2, 0.25) is 0 Å². The largest absolute Gasteiger partial charge is 0.454 e. The molecule has 3 aromatic rings. The van der Waals surface area contributed by atoms with E-state index in [2.05, 4.69) is 32.0 Å². The lowest BCUT2D eigenvalue weighted by Gasteiger charge is -2.23. The van der Waals surface area contributed by atoms with Gasteiger partial charge in [-0.1, -0.05) is 62.4 Å². The van der Waals surface area contributed by atoms with E-state index in [-0.39, 0.29) is 19.0 Å². The molecule has 5 rings (SSSR count). The van der Waals surface area contributed by atoms with E-state index < -0.39 is 11.5 Å². The maximum Gasteiger partial charge on any atom is 0.264 e. The topological polar surface area (TPSA) is 76.1 Å². The maximum atomic E-state index is 13.6. The molecule has 0 fully saturated rings. The number of allylic oxidation sites excluding steroid dienone is 1. The molecule has 0 bridgehead atoms. The van der Waals surface area contributed by atoms with Gasteiger partial charge in [-0.2, -0.15) is 0 Å². The van der Waals surface area contributed by atoms with Gasteiger partial charge in [-0.25, -0.2) is 0 Å². The molecule has 6 nitrogen and oxygen atoms in total. The number of amides is 1. The molecule has 3 aromatic carbocycles. The van der Waals surface area contributed by atoms with Crippen LogP contribution in [0.3, 0.4) is 0 Å². The average Bonchev–Trinajstić information content (AvgIpc) is 3.41. The summed E-state index contributed by atoms with van der Waals surface area (Å²) >= 11 is 0. The van der Waals surface area contributed by atoms with E-state index in [4.69, 9.17) is 9.47 Å². The predicted molar refractivity (Wildman–Crippen MR) is 138 cm³/mol. The second-order valence-corrected chi connectivity index (χ2v) is 9.70. The monoisotopic (exact) mass is 483 g/mol. The highest BCUT2D eigenvalue weighted by Gasteiger charge is 2.50. The second-order valence-electron chi connectivity index (χ2n) is 9.70. The van der Waals surface area contributed by atoms with Crippen LogP contribution in [0.25, 0.3) is 6.08 Å². The number of aliphatic hydroxyl groups is 1. The summed E-state index contributed by atoms with van der Waals surface area (Å²) in [5.41, 5.74) is 3.21. The average molecular weight is 484 g/mol. The summed E-state index contributed by atoms with van der Waals surface area (Å²) in [6.45, 7) is 6.78. The zero-order valence-electron chi connectivity index (χ0n) is 20.7. The first-order chi connectivity index (χ1) is 17.3. The number of rotatable bonds is 7. The Morgan fingerprint density at radius 3 is 2.67 bits per heavy atom. The second kappa shape index (κ2) is 9.28. The number of hydrogen-bond donors (Lipinski definition) is 1. The van der Waals surface area contributed by atoms with Gasteiger partial charge in [0.25, 0.3) is 5.91 Å². The summed E-state index contributed by atoms with van der Waals surface area (Å²) < 4.78 is 10.7. The third-order valence-corrected chi connectivity index (χ3v) is 6.90. The Hall–Kier alpha value is -3.90. The normalized spacial score (nSPS) is 18.4. The van der Waals surface area contributed by atoms with Crippen molar-refractivity contribution in [1.82, 2.24) is 0 Å². The molecule has 0 saturated carbocycles. The molecule has 1 amide bonds. The molecule has 1 unspecified atom stereocenters. The lowest BCUT2D eigenvalue weighted by Crippen LogP contribution is -2.41. The van der Waals surface area contributed by atoms with Crippen LogP contribution in [-0.2, 0) is 21.7 Å². The van der Waals surface area contributed by atoms with Crippen LogP contribution in [0.1, 0.15) is 54.0 Å². The Kier molecular flexibility index (Phi) is 6.14. The Labute approximate surface area is 210 Å². The van der Waals surface area contributed by atoms with Gasteiger partial charge in [-0.05, 0) is 59.4 Å². The molecular formula is C30H29NO5. The predicted octanol–water partition coefficient (Wildman–Crippen LogP) is 5.25. The fourth-order valence-corrected chi connectivity index (χ4v) is 4.74. The Morgan fingerprint density at radius 2 is 1.86 bits per heavy atom. The summed E-state index contributed by atoms with van der Waals surface area (Å²) in [4.78, 5) is 28.2. The van der Waals surface area contributed by atoms with Crippen molar-refractivity contribution in [3.8, 4) is 11.5 Å².